The number of ether oxygens (including phenoxy) is 2. The van der Waals surface area contributed by atoms with Gasteiger partial charge in [0.2, 0.25) is 11.8 Å². The molecule has 12 heteroatoms. The van der Waals surface area contributed by atoms with E-state index in [1.165, 1.54) is 37.3 Å². The van der Waals surface area contributed by atoms with E-state index in [4.69, 9.17) is 32.7 Å². The molecule has 1 saturated carbocycles. The van der Waals surface area contributed by atoms with Crippen LogP contribution in [0.3, 0.4) is 0 Å². The van der Waals surface area contributed by atoms with Crippen molar-refractivity contribution in [1.82, 2.24) is 10.2 Å². The number of nitrogens with zero attached hydrogens (tertiary/aromatic N) is 2. The Kier molecular flexibility index (Phi) is 12.4. The number of halogens is 2. The van der Waals surface area contributed by atoms with Gasteiger partial charge in [0.15, 0.2) is 11.5 Å². The number of hydrogen-bond acceptors (Lipinski definition) is 6. The average Bonchev–Trinajstić information content (AvgIpc) is 3.04. The fourth-order valence-electron chi connectivity index (χ4n) is 6.03. The first kappa shape index (κ1) is 36.4. The number of amides is 2. The molecule has 1 N–H and O–H groups in total. The Hall–Kier alpha value is -3.47. The minimum Gasteiger partial charge on any atom is -0.493 e. The third kappa shape index (κ3) is 8.91. The van der Waals surface area contributed by atoms with Crippen molar-refractivity contribution in [3.63, 3.8) is 0 Å². The van der Waals surface area contributed by atoms with Crippen molar-refractivity contribution < 1.29 is 27.5 Å². The molecular formula is C35H43Cl2N3O6S. The first-order chi connectivity index (χ1) is 22.4. The van der Waals surface area contributed by atoms with Gasteiger partial charge in [-0.05, 0) is 86.2 Å². The summed E-state index contributed by atoms with van der Waals surface area (Å²) >= 11 is 12.5. The van der Waals surface area contributed by atoms with E-state index in [0.717, 1.165) is 47.5 Å². The molecule has 4 rings (SSSR count). The number of nitrogens with one attached hydrogen (secondary N) is 1. The lowest BCUT2D eigenvalue weighted by Gasteiger charge is -2.34. The fourth-order valence-corrected chi connectivity index (χ4v) is 7.76. The molecule has 0 heterocycles. The highest BCUT2D eigenvalue weighted by molar-refractivity contribution is 7.92. The highest BCUT2D eigenvalue weighted by Crippen LogP contribution is 2.33. The molecule has 0 unspecified atom stereocenters. The second-order valence-corrected chi connectivity index (χ2v) is 14.6. The van der Waals surface area contributed by atoms with Gasteiger partial charge in [0.25, 0.3) is 10.0 Å². The van der Waals surface area contributed by atoms with E-state index in [2.05, 4.69) is 5.32 Å². The molecule has 254 valence electrons. The maximum atomic E-state index is 14.5. The van der Waals surface area contributed by atoms with E-state index in [1.807, 2.05) is 26.8 Å². The average molecular weight is 705 g/mol. The minimum absolute atomic E-state index is 0.0173. The van der Waals surface area contributed by atoms with Gasteiger partial charge in [-0.1, -0.05) is 61.5 Å². The second-order valence-electron chi connectivity index (χ2n) is 11.9. The van der Waals surface area contributed by atoms with Crippen LogP contribution in [0.1, 0.15) is 62.1 Å². The lowest BCUT2D eigenvalue weighted by Crippen LogP contribution is -2.54. The van der Waals surface area contributed by atoms with Gasteiger partial charge in [-0.25, -0.2) is 8.42 Å². The predicted octanol–water partition coefficient (Wildman–Crippen LogP) is 7.08. The van der Waals surface area contributed by atoms with E-state index >= 15 is 0 Å². The van der Waals surface area contributed by atoms with E-state index < -0.39 is 28.5 Å². The highest BCUT2D eigenvalue weighted by Gasteiger charge is 2.35. The van der Waals surface area contributed by atoms with Crippen molar-refractivity contribution >= 4 is 50.7 Å². The summed E-state index contributed by atoms with van der Waals surface area (Å²) in [6.07, 6.45) is 5.28. The Balaban J connectivity index is 1.78. The number of rotatable bonds is 13. The molecule has 1 atom stereocenters. The van der Waals surface area contributed by atoms with Crippen LogP contribution in [0.2, 0.25) is 10.0 Å². The summed E-state index contributed by atoms with van der Waals surface area (Å²) in [4.78, 5) is 29.6. The van der Waals surface area contributed by atoms with Gasteiger partial charge in [0, 0.05) is 18.7 Å². The zero-order valence-corrected chi connectivity index (χ0v) is 29.8. The standard InChI is InChI=1S/C35H43Cl2N3O6S/c1-6-31(35(42)38-26-10-8-7-9-11-26)39(21-25-12-14-29(36)30(37)19-25)34(41)22-40(27-17-23(2)16-24(3)18-27)47(43,44)28-13-15-32(45-4)33(20-28)46-5/h12-20,26,31H,6-11,21-22H2,1-5H3,(H,38,42)/t31-/m1/s1. The van der Waals surface area contributed by atoms with E-state index in [9.17, 15) is 18.0 Å². The number of carbonyl (C=O) groups excluding carboxylic acids is 2. The Morgan fingerprint density at radius 2 is 1.55 bits per heavy atom. The quantitative estimate of drug-likeness (QED) is 0.204. The van der Waals surface area contributed by atoms with Gasteiger partial charge in [-0.2, -0.15) is 0 Å². The molecule has 1 fully saturated rings. The van der Waals surface area contributed by atoms with Crippen molar-refractivity contribution in [2.45, 2.75) is 82.8 Å². The van der Waals surface area contributed by atoms with Crippen LogP contribution in [0.25, 0.3) is 0 Å². The normalized spacial score (nSPS) is 14.3. The van der Waals surface area contributed by atoms with Gasteiger partial charge in [-0.3, -0.25) is 13.9 Å². The molecule has 3 aromatic rings. The van der Waals surface area contributed by atoms with Gasteiger partial charge < -0.3 is 19.7 Å². The Morgan fingerprint density at radius 3 is 2.15 bits per heavy atom. The van der Waals surface area contributed by atoms with Crippen LogP contribution in [0.15, 0.2) is 59.5 Å². The molecule has 1 aliphatic rings. The van der Waals surface area contributed by atoms with Crippen molar-refractivity contribution in [1.29, 1.82) is 0 Å². The van der Waals surface area contributed by atoms with E-state index in [1.54, 1.807) is 30.3 Å². The maximum absolute atomic E-state index is 14.5. The van der Waals surface area contributed by atoms with Crippen LogP contribution in [0.4, 0.5) is 5.69 Å². The molecule has 1 aliphatic carbocycles. The minimum atomic E-state index is -4.32. The number of methoxy groups -OCH3 is 2. The molecule has 2 amide bonds. The molecule has 0 radical (unpaired) electrons. The number of anilines is 1. The predicted molar refractivity (Wildman–Crippen MR) is 186 cm³/mol. The van der Waals surface area contributed by atoms with Crippen LogP contribution in [0.5, 0.6) is 11.5 Å². The third-order valence-corrected chi connectivity index (χ3v) is 10.9. The van der Waals surface area contributed by atoms with E-state index in [0.29, 0.717) is 33.5 Å². The van der Waals surface area contributed by atoms with Gasteiger partial charge in [0.05, 0.1) is 34.8 Å². The second kappa shape index (κ2) is 16.1. The molecule has 0 aromatic heterocycles. The van der Waals surface area contributed by atoms with Crippen LogP contribution in [0, 0.1) is 13.8 Å². The molecule has 0 spiro atoms. The first-order valence-corrected chi connectivity index (χ1v) is 17.9. The van der Waals surface area contributed by atoms with Crippen molar-refractivity contribution in [2.24, 2.45) is 0 Å². The molecule has 47 heavy (non-hydrogen) atoms. The molecule has 3 aromatic carbocycles. The monoisotopic (exact) mass is 703 g/mol. The van der Waals surface area contributed by atoms with Crippen LogP contribution < -0.4 is 19.1 Å². The summed E-state index contributed by atoms with van der Waals surface area (Å²) in [6, 6.07) is 13.8. The molecular weight excluding hydrogens is 661 g/mol. The zero-order valence-electron chi connectivity index (χ0n) is 27.5. The summed E-state index contributed by atoms with van der Waals surface area (Å²) in [5.74, 6) is -0.228. The number of aryl methyl sites for hydroxylation is 2. The van der Waals surface area contributed by atoms with Gasteiger partial charge in [0.1, 0.15) is 12.6 Å². The molecule has 0 bridgehead atoms. The Labute approximate surface area is 288 Å². The Morgan fingerprint density at radius 1 is 0.894 bits per heavy atom. The van der Waals surface area contributed by atoms with Crippen LogP contribution >= 0.6 is 23.2 Å². The van der Waals surface area contributed by atoms with Crippen molar-refractivity contribution in [3.05, 3.63) is 81.3 Å². The molecule has 0 aliphatic heterocycles. The summed E-state index contributed by atoms with van der Waals surface area (Å²) in [5.41, 5.74) is 2.62. The van der Waals surface area contributed by atoms with E-state index in [-0.39, 0.29) is 29.1 Å². The van der Waals surface area contributed by atoms with Crippen molar-refractivity contribution in [2.75, 3.05) is 25.1 Å². The number of sulfonamides is 1. The lowest BCUT2D eigenvalue weighted by atomic mass is 9.95. The van der Waals surface area contributed by atoms with Crippen molar-refractivity contribution in [3.8, 4) is 11.5 Å². The fraction of sp³-hybridized carbons (Fsp3) is 0.429. The zero-order chi connectivity index (χ0) is 34.3. The Bertz CT molecular complexity index is 1670. The van der Waals surface area contributed by atoms with Crippen LogP contribution in [-0.2, 0) is 26.2 Å². The van der Waals surface area contributed by atoms with Crippen LogP contribution in [-0.4, -0.2) is 58.0 Å². The lowest BCUT2D eigenvalue weighted by molar-refractivity contribution is -0.140. The number of carbonyl (C=O) groups is 2. The summed E-state index contributed by atoms with van der Waals surface area (Å²) in [5, 5.41) is 3.82. The first-order valence-electron chi connectivity index (χ1n) is 15.7. The topological polar surface area (TPSA) is 105 Å². The molecule has 0 saturated heterocycles. The summed E-state index contributed by atoms with van der Waals surface area (Å²) in [7, 11) is -1.44. The molecule has 9 nitrogen and oxygen atoms in total. The van der Waals surface area contributed by atoms with Gasteiger partial charge in [-0.15, -0.1) is 0 Å². The summed E-state index contributed by atoms with van der Waals surface area (Å²) in [6.45, 7) is 5.01. The summed E-state index contributed by atoms with van der Waals surface area (Å²) < 4.78 is 40.6. The maximum Gasteiger partial charge on any atom is 0.264 e. The highest BCUT2D eigenvalue weighted by atomic mass is 35.5. The van der Waals surface area contributed by atoms with Gasteiger partial charge >= 0.3 is 0 Å². The number of hydrogen-bond donors (Lipinski definition) is 1. The third-order valence-electron chi connectivity index (χ3n) is 8.39. The SMILES string of the molecule is CC[C@H](C(=O)NC1CCCCC1)N(Cc1ccc(Cl)c(Cl)c1)C(=O)CN(c1cc(C)cc(C)c1)S(=O)(=O)c1ccc(OC)c(OC)c1. The number of benzene rings is 3. The smallest absolute Gasteiger partial charge is 0.264 e. The largest absolute Gasteiger partial charge is 0.493 e.